The van der Waals surface area contributed by atoms with Crippen molar-refractivity contribution in [3.8, 4) is 0 Å². The lowest BCUT2D eigenvalue weighted by molar-refractivity contribution is 0.125. The quantitative estimate of drug-likeness (QED) is 0.177. The van der Waals surface area contributed by atoms with E-state index in [1.807, 2.05) is 0 Å². The van der Waals surface area contributed by atoms with E-state index >= 15 is 0 Å². The Morgan fingerprint density at radius 2 is 0.560 bits per heavy atom. The second-order valence-corrected chi connectivity index (χ2v) is 7.68. The molecule has 1 nitrogen and oxygen atoms in total. The Morgan fingerprint density at radius 1 is 0.320 bits per heavy atom. The number of hydrogen-bond acceptors (Lipinski definition) is 1. The molecule has 150 valence electrons. The van der Waals surface area contributed by atoms with Crippen LogP contribution < -0.4 is 0 Å². The van der Waals surface area contributed by atoms with Gasteiger partial charge in [0, 0.05) is 13.2 Å². The van der Waals surface area contributed by atoms with E-state index in [1.54, 1.807) is 0 Å². The van der Waals surface area contributed by atoms with Gasteiger partial charge in [0.1, 0.15) is 0 Å². The first-order chi connectivity index (χ1) is 12.4. The number of rotatable bonds is 22. The zero-order valence-corrected chi connectivity index (χ0v) is 17.4. The van der Waals surface area contributed by atoms with Crippen LogP contribution in [0.5, 0.6) is 0 Å². The zero-order chi connectivity index (χ0) is 18.3. The molecule has 0 aromatic carbocycles. The molecule has 0 aromatic rings. The lowest BCUT2D eigenvalue weighted by Gasteiger charge is -2.05. The normalized spacial score (nSPS) is 11.3. The van der Waals surface area contributed by atoms with E-state index in [9.17, 15) is 0 Å². The minimum atomic E-state index is 0.972. The molecule has 0 spiro atoms. The van der Waals surface area contributed by atoms with Gasteiger partial charge in [-0.05, 0) is 12.8 Å². The van der Waals surface area contributed by atoms with Crippen molar-refractivity contribution in [1.82, 2.24) is 0 Å². The Balaban J connectivity index is 2.94. The largest absolute Gasteiger partial charge is 0.381 e. The molecular formula is C24H48O. The van der Waals surface area contributed by atoms with Gasteiger partial charge >= 0.3 is 0 Å². The van der Waals surface area contributed by atoms with Crippen molar-refractivity contribution in [3.05, 3.63) is 13.8 Å². The summed E-state index contributed by atoms with van der Waals surface area (Å²) in [4.78, 5) is 0. The van der Waals surface area contributed by atoms with E-state index in [-0.39, 0.29) is 0 Å². The molecule has 0 aromatic heterocycles. The highest BCUT2D eigenvalue weighted by Gasteiger charge is 1.95. The molecule has 2 radical (unpaired) electrons. The standard InChI is InChI=1S/C24H48O/c1-3-5-7-9-11-12-13-14-15-16-17-18-20-22-24-25-23-21-19-10-8-6-4-2/h1-24H2. The second kappa shape index (κ2) is 24.0. The van der Waals surface area contributed by atoms with Crippen molar-refractivity contribution in [2.24, 2.45) is 0 Å². The fraction of sp³-hybridized carbons (Fsp3) is 0.917. The third-order valence-corrected chi connectivity index (χ3v) is 5.08. The second-order valence-electron chi connectivity index (χ2n) is 7.68. The molecule has 0 aliphatic rings. The number of hydrogen-bond donors (Lipinski definition) is 0. The molecule has 25 heavy (non-hydrogen) atoms. The van der Waals surface area contributed by atoms with Crippen LogP contribution in [0.4, 0.5) is 0 Å². The van der Waals surface area contributed by atoms with Gasteiger partial charge in [0.15, 0.2) is 0 Å². The maximum absolute atomic E-state index is 5.73. The Hall–Kier alpha value is -0.0400. The average Bonchev–Trinajstić information content (AvgIpc) is 2.63. The van der Waals surface area contributed by atoms with E-state index in [4.69, 9.17) is 4.74 Å². The summed E-state index contributed by atoms with van der Waals surface area (Å²) in [6.07, 6.45) is 27.0. The predicted molar refractivity (Wildman–Crippen MR) is 114 cm³/mol. The summed E-state index contributed by atoms with van der Waals surface area (Å²) in [6, 6.07) is 0. The molecule has 0 saturated carbocycles. The van der Waals surface area contributed by atoms with Crippen molar-refractivity contribution in [2.45, 2.75) is 128 Å². The molecule has 0 atom stereocenters. The van der Waals surface area contributed by atoms with E-state index in [1.165, 1.54) is 116 Å². The summed E-state index contributed by atoms with van der Waals surface area (Å²) in [5.41, 5.74) is 0. The Morgan fingerprint density at radius 3 is 0.840 bits per heavy atom. The van der Waals surface area contributed by atoms with Gasteiger partial charge in [0.25, 0.3) is 0 Å². The summed E-state index contributed by atoms with van der Waals surface area (Å²) >= 11 is 0. The Kier molecular flexibility index (Phi) is 23.9. The van der Waals surface area contributed by atoms with Crippen molar-refractivity contribution < 1.29 is 4.74 Å². The smallest absolute Gasteiger partial charge is 0.0466 e. The van der Waals surface area contributed by atoms with Crippen LogP contribution in [0, 0.1) is 13.8 Å². The first kappa shape index (κ1) is 25.0. The van der Waals surface area contributed by atoms with E-state index in [0.717, 1.165) is 26.1 Å². The van der Waals surface area contributed by atoms with Crippen molar-refractivity contribution >= 4 is 0 Å². The third-order valence-electron chi connectivity index (χ3n) is 5.08. The lowest BCUT2D eigenvalue weighted by atomic mass is 10.0. The SMILES string of the molecule is [CH2]CCCCCCCCCCCCCCCOCCCCCCC[CH2]. The van der Waals surface area contributed by atoms with Crippen LogP contribution >= 0.6 is 0 Å². The van der Waals surface area contributed by atoms with Gasteiger partial charge in [-0.1, -0.05) is 129 Å². The maximum atomic E-state index is 5.73. The van der Waals surface area contributed by atoms with Crippen LogP contribution in [-0.2, 0) is 4.74 Å². The highest BCUT2D eigenvalue weighted by Crippen LogP contribution is 2.13. The number of unbranched alkanes of at least 4 members (excludes halogenated alkanes) is 18. The molecule has 0 fully saturated rings. The minimum Gasteiger partial charge on any atom is -0.381 e. The fourth-order valence-corrected chi connectivity index (χ4v) is 3.34. The van der Waals surface area contributed by atoms with E-state index in [0.29, 0.717) is 0 Å². The Labute approximate surface area is 160 Å². The topological polar surface area (TPSA) is 9.23 Å². The highest BCUT2D eigenvalue weighted by molar-refractivity contribution is 4.50. The van der Waals surface area contributed by atoms with Crippen molar-refractivity contribution in [3.63, 3.8) is 0 Å². The van der Waals surface area contributed by atoms with Crippen molar-refractivity contribution in [1.29, 1.82) is 0 Å². The predicted octanol–water partition coefficient (Wildman–Crippen LogP) is 8.47. The van der Waals surface area contributed by atoms with Gasteiger partial charge in [-0.2, -0.15) is 0 Å². The monoisotopic (exact) mass is 352 g/mol. The Bertz CT molecular complexity index is 192. The van der Waals surface area contributed by atoms with Gasteiger partial charge in [0.2, 0.25) is 0 Å². The lowest BCUT2D eigenvalue weighted by Crippen LogP contribution is -1.97. The molecule has 0 bridgehead atoms. The highest BCUT2D eigenvalue weighted by atomic mass is 16.5. The van der Waals surface area contributed by atoms with Gasteiger partial charge in [-0.25, -0.2) is 0 Å². The van der Waals surface area contributed by atoms with Gasteiger partial charge in [-0.15, -0.1) is 0 Å². The van der Waals surface area contributed by atoms with E-state index in [2.05, 4.69) is 13.8 Å². The van der Waals surface area contributed by atoms with Gasteiger partial charge in [-0.3, -0.25) is 0 Å². The average molecular weight is 353 g/mol. The minimum absolute atomic E-state index is 0.972. The van der Waals surface area contributed by atoms with E-state index < -0.39 is 0 Å². The molecule has 0 heterocycles. The molecule has 0 unspecified atom stereocenters. The van der Waals surface area contributed by atoms with Crippen LogP contribution in [0.1, 0.15) is 128 Å². The number of ether oxygens (including phenoxy) is 1. The molecular weight excluding hydrogens is 304 g/mol. The van der Waals surface area contributed by atoms with Crippen LogP contribution in [0.25, 0.3) is 0 Å². The van der Waals surface area contributed by atoms with Gasteiger partial charge < -0.3 is 4.74 Å². The fourth-order valence-electron chi connectivity index (χ4n) is 3.34. The van der Waals surface area contributed by atoms with Crippen LogP contribution in [0.3, 0.4) is 0 Å². The molecule has 0 saturated heterocycles. The molecule has 0 aliphatic carbocycles. The molecule has 1 heteroatoms. The first-order valence-corrected chi connectivity index (χ1v) is 11.6. The summed E-state index contributed by atoms with van der Waals surface area (Å²) in [5.74, 6) is 0. The third kappa shape index (κ3) is 24.0. The summed E-state index contributed by atoms with van der Waals surface area (Å²) in [6.45, 7) is 9.73. The van der Waals surface area contributed by atoms with Crippen molar-refractivity contribution in [2.75, 3.05) is 13.2 Å². The summed E-state index contributed by atoms with van der Waals surface area (Å²) in [5, 5.41) is 0. The first-order valence-electron chi connectivity index (χ1n) is 11.6. The molecule has 0 rings (SSSR count). The molecule has 0 aliphatic heterocycles. The zero-order valence-electron chi connectivity index (χ0n) is 17.4. The molecule has 0 amide bonds. The summed E-state index contributed by atoms with van der Waals surface area (Å²) < 4.78 is 5.73. The van der Waals surface area contributed by atoms with Crippen LogP contribution in [0.2, 0.25) is 0 Å². The summed E-state index contributed by atoms with van der Waals surface area (Å²) in [7, 11) is 0. The van der Waals surface area contributed by atoms with Crippen LogP contribution in [-0.4, -0.2) is 13.2 Å². The van der Waals surface area contributed by atoms with Gasteiger partial charge in [0.05, 0.1) is 0 Å². The maximum Gasteiger partial charge on any atom is 0.0466 e. The van der Waals surface area contributed by atoms with Crippen LogP contribution in [0.15, 0.2) is 0 Å². The molecule has 0 N–H and O–H groups in total.